The van der Waals surface area contributed by atoms with E-state index in [2.05, 4.69) is 22.4 Å². The van der Waals surface area contributed by atoms with Crippen LogP contribution in [0.4, 0.5) is 4.79 Å². The first-order valence-corrected chi connectivity index (χ1v) is 9.77. The molecule has 3 rings (SSSR count). The number of carbonyl (C=O) groups excluding carboxylic acids is 2. The molecule has 29 heavy (non-hydrogen) atoms. The van der Waals surface area contributed by atoms with Crippen molar-refractivity contribution in [3.05, 3.63) is 46.2 Å². The lowest BCUT2D eigenvalue weighted by molar-refractivity contribution is -0.131. The number of urea groups is 1. The smallest absolute Gasteiger partial charge is 0.346 e. The Morgan fingerprint density at radius 2 is 2.00 bits per heavy atom. The van der Waals surface area contributed by atoms with Gasteiger partial charge in [0, 0.05) is 6.54 Å². The number of carbonyl (C=O) groups is 2. The van der Waals surface area contributed by atoms with E-state index < -0.39 is 17.5 Å². The van der Waals surface area contributed by atoms with Crippen LogP contribution >= 0.6 is 11.6 Å². The summed E-state index contributed by atoms with van der Waals surface area (Å²) in [5, 5.41) is 12.5. The first-order chi connectivity index (χ1) is 13.8. The highest BCUT2D eigenvalue weighted by atomic mass is 35.5. The van der Waals surface area contributed by atoms with Crippen molar-refractivity contribution in [3.8, 4) is 5.75 Å². The van der Waals surface area contributed by atoms with Gasteiger partial charge >= 0.3 is 6.03 Å². The topological polar surface area (TPSA) is 88.8 Å². The maximum atomic E-state index is 13.0. The summed E-state index contributed by atoms with van der Waals surface area (Å²) in [6, 6.07) is 6.35. The minimum absolute atomic E-state index is 0.435. The summed E-state index contributed by atoms with van der Waals surface area (Å²) in [5.41, 5.74) is 0.683. The van der Waals surface area contributed by atoms with Crippen LogP contribution in [0.25, 0.3) is 0 Å². The lowest BCUT2D eigenvalue weighted by Gasteiger charge is -2.21. The first-order valence-electron chi connectivity index (χ1n) is 9.40. The minimum atomic E-state index is -1.22. The molecule has 0 aliphatic carbocycles. The molecule has 1 aromatic carbocycles. The molecule has 0 bridgehead atoms. The maximum absolute atomic E-state index is 13.0. The molecule has 1 atom stereocenters. The zero-order valence-corrected chi connectivity index (χ0v) is 17.7. The normalized spacial score (nSPS) is 19.3. The Balaban J connectivity index is 1.84. The van der Waals surface area contributed by atoms with Crippen molar-refractivity contribution in [2.75, 3.05) is 7.11 Å². The number of unbranched alkanes of at least 4 members (excludes halogenated alkanes) is 1. The van der Waals surface area contributed by atoms with Crippen LogP contribution in [0.15, 0.2) is 29.4 Å². The van der Waals surface area contributed by atoms with Crippen LogP contribution in [-0.4, -0.2) is 40.1 Å². The van der Waals surface area contributed by atoms with Gasteiger partial charge < -0.3 is 10.1 Å². The molecule has 2 heterocycles. The first kappa shape index (κ1) is 20.9. The summed E-state index contributed by atoms with van der Waals surface area (Å²) in [6.45, 7) is 6.24. The summed E-state index contributed by atoms with van der Waals surface area (Å²) in [5.74, 6) is 0.185. The van der Waals surface area contributed by atoms with Crippen LogP contribution in [0.1, 0.15) is 43.5 Å². The number of aromatic nitrogens is 2. The van der Waals surface area contributed by atoms with Crippen molar-refractivity contribution in [2.45, 2.75) is 45.7 Å². The molecule has 0 spiro atoms. The SMILES string of the molecule is CCCCn1nc(C)c(/C=N\N2C(=O)N[C@@](C)(c3ccc(OC)cc3)C2=O)c1Cl. The molecule has 9 heteroatoms. The molecule has 1 saturated heterocycles. The Morgan fingerprint density at radius 1 is 1.31 bits per heavy atom. The third kappa shape index (κ3) is 3.85. The maximum Gasteiger partial charge on any atom is 0.346 e. The highest BCUT2D eigenvalue weighted by Crippen LogP contribution is 2.30. The highest BCUT2D eigenvalue weighted by molar-refractivity contribution is 6.32. The van der Waals surface area contributed by atoms with Gasteiger partial charge in [0.1, 0.15) is 16.4 Å². The van der Waals surface area contributed by atoms with E-state index in [1.165, 1.54) is 6.21 Å². The summed E-state index contributed by atoms with van der Waals surface area (Å²) in [7, 11) is 1.56. The molecule has 2 aromatic rings. The van der Waals surface area contributed by atoms with Crippen molar-refractivity contribution < 1.29 is 14.3 Å². The predicted molar refractivity (Wildman–Crippen MR) is 110 cm³/mol. The molecule has 154 valence electrons. The lowest BCUT2D eigenvalue weighted by Crippen LogP contribution is -2.40. The van der Waals surface area contributed by atoms with Crippen LogP contribution in [0, 0.1) is 6.92 Å². The number of amides is 3. The number of benzene rings is 1. The number of hydrogen-bond acceptors (Lipinski definition) is 5. The quantitative estimate of drug-likeness (QED) is 0.552. The number of halogens is 1. The average molecular weight is 418 g/mol. The molecule has 0 unspecified atom stereocenters. The fraction of sp³-hybridized carbons (Fsp3) is 0.400. The number of aryl methyl sites for hydroxylation is 2. The Morgan fingerprint density at radius 3 is 2.62 bits per heavy atom. The van der Waals surface area contributed by atoms with Gasteiger partial charge in [0.2, 0.25) is 0 Å². The standard InChI is InChI=1S/C20H24ClN5O3/c1-5-6-11-25-17(21)16(13(2)24-25)12-22-26-18(27)20(3,23-19(26)28)14-7-9-15(29-4)10-8-14/h7-10,12H,5-6,11H2,1-4H3,(H,23,28)/b22-12-/t20-/m0/s1. The molecule has 3 amide bonds. The number of nitrogens with one attached hydrogen (secondary N) is 1. The molecule has 1 N–H and O–H groups in total. The number of methoxy groups -OCH3 is 1. The fourth-order valence-electron chi connectivity index (χ4n) is 3.13. The van der Waals surface area contributed by atoms with Crippen LogP contribution in [0.5, 0.6) is 5.75 Å². The van der Waals surface area contributed by atoms with Gasteiger partial charge in [-0.05, 0) is 38.0 Å². The van der Waals surface area contributed by atoms with Gasteiger partial charge in [-0.2, -0.15) is 10.2 Å². The van der Waals surface area contributed by atoms with Gasteiger partial charge in [0.15, 0.2) is 0 Å². The van der Waals surface area contributed by atoms with Gasteiger partial charge in [0.25, 0.3) is 5.91 Å². The second kappa shape index (κ2) is 8.24. The van der Waals surface area contributed by atoms with Crippen LogP contribution in [0.3, 0.4) is 0 Å². The molecule has 1 aliphatic heterocycles. The monoisotopic (exact) mass is 417 g/mol. The van der Waals surface area contributed by atoms with Gasteiger partial charge in [-0.3, -0.25) is 9.48 Å². The Kier molecular flexibility index (Phi) is 5.93. The van der Waals surface area contributed by atoms with E-state index in [4.69, 9.17) is 16.3 Å². The number of nitrogens with zero attached hydrogens (tertiary/aromatic N) is 4. The third-order valence-corrected chi connectivity index (χ3v) is 5.37. The van der Waals surface area contributed by atoms with Crippen molar-refractivity contribution >= 4 is 29.8 Å². The van der Waals surface area contributed by atoms with Crippen LogP contribution in [-0.2, 0) is 16.9 Å². The van der Waals surface area contributed by atoms with E-state index in [1.54, 1.807) is 43.0 Å². The predicted octanol–water partition coefficient (Wildman–Crippen LogP) is 3.45. The summed E-state index contributed by atoms with van der Waals surface area (Å²) >= 11 is 6.40. The number of imide groups is 1. The summed E-state index contributed by atoms with van der Waals surface area (Å²) in [4.78, 5) is 25.4. The van der Waals surface area contributed by atoms with Gasteiger partial charge in [-0.25, -0.2) is 4.79 Å². The average Bonchev–Trinajstić information content (AvgIpc) is 3.11. The van der Waals surface area contributed by atoms with Gasteiger partial charge in [-0.1, -0.05) is 37.1 Å². The van der Waals surface area contributed by atoms with Crippen LogP contribution in [0.2, 0.25) is 5.15 Å². The zero-order valence-electron chi connectivity index (χ0n) is 16.9. The minimum Gasteiger partial charge on any atom is -0.497 e. The van der Waals surface area contributed by atoms with E-state index >= 15 is 0 Å². The second-order valence-corrected chi connectivity index (χ2v) is 7.37. The molecule has 0 saturated carbocycles. The summed E-state index contributed by atoms with van der Waals surface area (Å²) in [6.07, 6.45) is 3.38. The third-order valence-electron chi connectivity index (χ3n) is 4.97. The van der Waals surface area contributed by atoms with E-state index in [-0.39, 0.29) is 0 Å². The second-order valence-electron chi connectivity index (χ2n) is 7.01. The van der Waals surface area contributed by atoms with Crippen molar-refractivity contribution in [3.63, 3.8) is 0 Å². The molecular formula is C20H24ClN5O3. The highest BCUT2D eigenvalue weighted by Gasteiger charge is 2.49. The van der Waals surface area contributed by atoms with E-state index in [0.29, 0.717) is 34.3 Å². The number of hydrazone groups is 1. The lowest BCUT2D eigenvalue weighted by atomic mass is 9.92. The van der Waals surface area contributed by atoms with E-state index in [0.717, 1.165) is 17.9 Å². The Labute approximate surface area is 174 Å². The van der Waals surface area contributed by atoms with E-state index in [9.17, 15) is 9.59 Å². The largest absolute Gasteiger partial charge is 0.497 e. The fourth-order valence-corrected chi connectivity index (χ4v) is 3.44. The summed E-state index contributed by atoms with van der Waals surface area (Å²) < 4.78 is 6.85. The molecule has 0 radical (unpaired) electrons. The molecule has 8 nitrogen and oxygen atoms in total. The van der Waals surface area contributed by atoms with Gasteiger partial charge in [-0.15, -0.1) is 5.01 Å². The Hall–Kier alpha value is -2.87. The van der Waals surface area contributed by atoms with E-state index in [1.807, 2.05) is 6.92 Å². The number of rotatable bonds is 7. The van der Waals surface area contributed by atoms with Crippen LogP contribution < -0.4 is 10.1 Å². The molecule has 1 aliphatic rings. The van der Waals surface area contributed by atoms with Gasteiger partial charge in [0.05, 0.1) is 24.6 Å². The molecule has 1 fully saturated rings. The van der Waals surface area contributed by atoms with Crippen molar-refractivity contribution in [2.24, 2.45) is 5.10 Å². The molecule has 1 aromatic heterocycles. The molecular weight excluding hydrogens is 394 g/mol. The number of ether oxygens (including phenoxy) is 1. The Bertz CT molecular complexity index is 954. The zero-order chi connectivity index (χ0) is 21.2. The number of hydrogen-bond donors (Lipinski definition) is 1. The van der Waals surface area contributed by atoms with Crippen molar-refractivity contribution in [1.29, 1.82) is 0 Å². The van der Waals surface area contributed by atoms with Crippen molar-refractivity contribution in [1.82, 2.24) is 20.1 Å².